The number of carboxylic acids is 1. The number of aliphatic carboxylic acids is 1. The molecular weight excluding hydrogens is 240 g/mol. The highest BCUT2D eigenvalue weighted by Gasteiger charge is 2.35. The zero-order valence-electron chi connectivity index (χ0n) is 10.8. The van der Waals surface area contributed by atoms with E-state index in [1.54, 1.807) is 6.92 Å². The minimum atomic E-state index is -1.29. The zero-order valence-corrected chi connectivity index (χ0v) is 10.8. The lowest BCUT2D eigenvalue weighted by molar-refractivity contribution is -0.156. The number of aryl methyl sites for hydroxylation is 1. The predicted molar refractivity (Wildman–Crippen MR) is 61.2 cm³/mol. The summed E-state index contributed by atoms with van der Waals surface area (Å²) in [5.41, 5.74) is -1.29. The number of aromatic nitrogens is 1. The molecule has 0 spiro atoms. The molecule has 18 heavy (non-hydrogen) atoms. The number of carboxylic acid groups (broad SMARTS) is 1. The number of rotatable bonds is 5. The summed E-state index contributed by atoms with van der Waals surface area (Å²) in [6, 6.07) is 1.54. The first-order chi connectivity index (χ1) is 8.25. The number of hydrogen-bond acceptors (Lipinski definition) is 5. The predicted octanol–water partition coefficient (Wildman–Crippen LogP) is 0.683. The average Bonchev–Trinajstić information content (AvgIpc) is 2.70. The highest BCUT2D eigenvalue weighted by Crippen LogP contribution is 2.14. The molecule has 1 amide bonds. The minimum Gasteiger partial charge on any atom is -0.480 e. The van der Waals surface area contributed by atoms with Gasteiger partial charge in [-0.1, -0.05) is 0 Å². The molecular formula is C11H16N2O5. The van der Waals surface area contributed by atoms with Crippen molar-refractivity contribution in [2.24, 2.45) is 0 Å². The van der Waals surface area contributed by atoms with Gasteiger partial charge in [-0.25, -0.2) is 4.79 Å². The smallest absolute Gasteiger partial charge is 0.329 e. The summed E-state index contributed by atoms with van der Waals surface area (Å²) in [4.78, 5) is 23.8. The zero-order chi connectivity index (χ0) is 13.9. The van der Waals surface area contributed by atoms with Gasteiger partial charge in [0, 0.05) is 13.1 Å². The van der Waals surface area contributed by atoms with Crippen molar-refractivity contribution < 1.29 is 24.0 Å². The lowest BCUT2D eigenvalue weighted by Crippen LogP contribution is -2.52. The SMILES string of the molecule is Cc1cc(OCC(=O)N(C)C(C)(C)C(=O)O)no1. The lowest BCUT2D eigenvalue weighted by Gasteiger charge is -2.31. The van der Waals surface area contributed by atoms with E-state index < -0.39 is 17.4 Å². The van der Waals surface area contributed by atoms with E-state index in [9.17, 15) is 9.59 Å². The number of likely N-dealkylation sites (N-methyl/N-ethyl adjacent to an activating group) is 1. The highest BCUT2D eigenvalue weighted by atomic mass is 16.5. The first-order valence-corrected chi connectivity index (χ1v) is 5.31. The summed E-state index contributed by atoms with van der Waals surface area (Å²) in [7, 11) is 1.41. The third-order valence-corrected chi connectivity index (χ3v) is 2.69. The number of carbonyl (C=O) groups excluding carboxylic acids is 1. The van der Waals surface area contributed by atoms with E-state index in [-0.39, 0.29) is 12.5 Å². The van der Waals surface area contributed by atoms with E-state index in [1.807, 2.05) is 0 Å². The minimum absolute atomic E-state index is 0.197. The van der Waals surface area contributed by atoms with E-state index >= 15 is 0 Å². The molecule has 1 aromatic rings. The maximum atomic E-state index is 11.8. The van der Waals surface area contributed by atoms with E-state index in [1.165, 1.54) is 27.0 Å². The maximum Gasteiger partial charge on any atom is 0.329 e. The molecule has 1 aromatic heterocycles. The van der Waals surface area contributed by atoms with Crippen LogP contribution in [0.15, 0.2) is 10.6 Å². The van der Waals surface area contributed by atoms with Crippen LogP contribution in [0.5, 0.6) is 5.88 Å². The van der Waals surface area contributed by atoms with Crippen molar-refractivity contribution in [2.75, 3.05) is 13.7 Å². The Morgan fingerprint density at radius 2 is 2.17 bits per heavy atom. The molecule has 0 bridgehead atoms. The van der Waals surface area contributed by atoms with Crippen LogP contribution >= 0.6 is 0 Å². The molecule has 1 heterocycles. The number of nitrogens with zero attached hydrogens (tertiary/aromatic N) is 2. The normalized spacial score (nSPS) is 11.1. The summed E-state index contributed by atoms with van der Waals surface area (Å²) < 4.78 is 9.86. The van der Waals surface area contributed by atoms with Gasteiger partial charge in [0.1, 0.15) is 11.3 Å². The van der Waals surface area contributed by atoms with Crippen LogP contribution in [0.25, 0.3) is 0 Å². The van der Waals surface area contributed by atoms with Gasteiger partial charge in [-0.15, -0.1) is 0 Å². The standard InChI is InChI=1S/C11H16N2O5/c1-7-5-8(12-18-7)17-6-9(14)13(4)11(2,3)10(15)16/h5H,6H2,1-4H3,(H,15,16). The van der Waals surface area contributed by atoms with Crippen LogP contribution in [0.2, 0.25) is 0 Å². The summed E-state index contributed by atoms with van der Waals surface area (Å²) in [6.45, 7) is 4.28. The Bertz CT molecular complexity index is 452. The number of carbonyl (C=O) groups is 2. The third kappa shape index (κ3) is 2.99. The van der Waals surface area contributed by atoms with Crippen LogP contribution in [0, 0.1) is 6.92 Å². The second-order valence-electron chi connectivity index (χ2n) is 4.38. The molecule has 0 atom stereocenters. The second kappa shape index (κ2) is 5.07. The Morgan fingerprint density at radius 1 is 1.56 bits per heavy atom. The molecule has 7 nitrogen and oxygen atoms in total. The molecule has 0 fully saturated rings. The fourth-order valence-electron chi connectivity index (χ4n) is 1.10. The summed E-state index contributed by atoms with van der Waals surface area (Å²) >= 11 is 0. The van der Waals surface area contributed by atoms with Crippen LogP contribution in [-0.4, -0.2) is 46.2 Å². The Balaban J connectivity index is 2.58. The molecule has 0 aliphatic rings. The largest absolute Gasteiger partial charge is 0.480 e. The topological polar surface area (TPSA) is 92.9 Å². The molecule has 0 radical (unpaired) electrons. The van der Waals surface area contributed by atoms with E-state index in [2.05, 4.69) is 5.16 Å². The van der Waals surface area contributed by atoms with Crippen LogP contribution in [-0.2, 0) is 9.59 Å². The van der Waals surface area contributed by atoms with Crippen molar-refractivity contribution in [3.63, 3.8) is 0 Å². The molecule has 7 heteroatoms. The second-order valence-corrected chi connectivity index (χ2v) is 4.38. The molecule has 1 rings (SSSR count). The van der Waals surface area contributed by atoms with Crippen molar-refractivity contribution in [3.8, 4) is 5.88 Å². The molecule has 0 unspecified atom stereocenters. The Morgan fingerprint density at radius 3 is 2.61 bits per heavy atom. The molecule has 0 saturated heterocycles. The molecule has 0 aliphatic heterocycles. The Kier molecular flexibility index (Phi) is 3.95. The van der Waals surface area contributed by atoms with Crippen molar-refractivity contribution >= 4 is 11.9 Å². The molecule has 0 aromatic carbocycles. The average molecular weight is 256 g/mol. The monoisotopic (exact) mass is 256 g/mol. The Hall–Kier alpha value is -2.05. The lowest BCUT2D eigenvalue weighted by atomic mass is 10.0. The van der Waals surface area contributed by atoms with Gasteiger partial charge in [0.05, 0.1) is 0 Å². The van der Waals surface area contributed by atoms with Gasteiger partial charge in [0.25, 0.3) is 11.8 Å². The van der Waals surface area contributed by atoms with E-state index in [0.717, 1.165) is 4.90 Å². The van der Waals surface area contributed by atoms with Crippen LogP contribution in [0.3, 0.4) is 0 Å². The molecule has 0 saturated carbocycles. The first-order valence-electron chi connectivity index (χ1n) is 5.31. The van der Waals surface area contributed by atoms with Gasteiger partial charge in [0.2, 0.25) is 0 Å². The van der Waals surface area contributed by atoms with Crippen molar-refractivity contribution in [1.82, 2.24) is 10.1 Å². The third-order valence-electron chi connectivity index (χ3n) is 2.69. The summed E-state index contributed by atoms with van der Waals surface area (Å²) in [5, 5.41) is 12.5. The van der Waals surface area contributed by atoms with Gasteiger partial charge >= 0.3 is 5.97 Å². The van der Waals surface area contributed by atoms with E-state index in [0.29, 0.717) is 5.76 Å². The molecule has 0 aliphatic carbocycles. The van der Waals surface area contributed by atoms with Crippen LogP contribution in [0.4, 0.5) is 0 Å². The summed E-state index contributed by atoms with van der Waals surface area (Å²) in [5.74, 6) is -0.780. The maximum absolute atomic E-state index is 11.8. The highest BCUT2D eigenvalue weighted by molar-refractivity contribution is 5.86. The van der Waals surface area contributed by atoms with Gasteiger partial charge in [-0.3, -0.25) is 4.79 Å². The quantitative estimate of drug-likeness (QED) is 0.832. The van der Waals surface area contributed by atoms with Gasteiger partial charge < -0.3 is 19.3 Å². The fraction of sp³-hybridized carbons (Fsp3) is 0.545. The number of hydrogen-bond donors (Lipinski definition) is 1. The fourth-order valence-corrected chi connectivity index (χ4v) is 1.10. The van der Waals surface area contributed by atoms with Gasteiger partial charge in [-0.2, -0.15) is 0 Å². The molecule has 100 valence electrons. The van der Waals surface area contributed by atoms with Crippen molar-refractivity contribution in [3.05, 3.63) is 11.8 Å². The van der Waals surface area contributed by atoms with Crippen LogP contribution in [0.1, 0.15) is 19.6 Å². The molecule has 1 N–H and O–H groups in total. The van der Waals surface area contributed by atoms with Crippen LogP contribution < -0.4 is 4.74 Å². The first kappa shape index (κ1) is 14.0. The van der Waals surface area contributed by atoms with Gasteiger partial charge in [-0.05, 0) is 25.9 Å². The van der Waals surface area contributed by atoms with Crippen molar-refractivity contribution in [2.45, 2.75) is 26.3 Å². The Labute approximate surface area is 104 Å². The number of amides is 1. The van der Waals surface area contributed by atoms with Gasteiger partial charge in [0.15, 0.2) is 6.61 Å². The van der Waals surface area contributed by atoms with E-state index in [4.69, 9.17) is 14.4 Å². The summed E-state index contributed by atoms with van der Waals surface area (Å²) in [6.07, 6.45) is 0. The van der Waals surface area contributed by atoms with Crippen molar-refractivity contribution in [1.29, 1.82) is 0 Å². The number of ether oxygens (including phenoxy) is 1.